The zero-order valence-corrected chi connectivity index (χ0v) is 11.6. The summed E-state index contributed by atoms with van der Waals surface area (Å²) < 4.78 is 2.13. The number of carboxylic acid groups (broad SMARTS) is 1. The third kappa shape index (κ3) is 3.05. The highest BCUT2D eigenvalue weighted by atomic mass is 79.9. The van der Waals surface area contributed by atoms with Crippen molar-refractivity contribution in [3.63, 3.8) is 0 Å². The van der Waals surface area contributed by atoms with Crippen LogP contribution >= 0.6 is 27.7 Å². The molecule has 0 bridgehead atoms. The summed E-state index contributed by atoms with van der Waals surface area (Å²) in [6, 6.07) is 3.68. The maximum absolute atomic E-state index is 10.6. The number of nitrogens with zero attached hydrogens (tertiary/aromatic N) is 5. The zero-order chi connectivity index (χ0) is 13.1. The zero-order valence-electron chi connectivity index (χ0n) is 9.24. The molecule has 7 nitrogen and oxygen atoms in total. The molecule has 2 aromatic heterocycles. The number of tetrazole rings is 1. The molecule has 1 N–H and O–H groups in total. The Kier molecular flexibility index (Phi) is 3.92. The molecular weight excluding hydrogens is 322 g/mol. The van der Waals surface area contributed by atoms with E-state index in [2.05, 4.69) is 36.4 Å². The van der Waals surface area contributed by atoms with E-state index < -0.39 is 5.97 Å². The van der Waals surface area contributed by atoms with E-state index in [1.165, 1.54) is 16.4 Å². The van der Waals surface area contributed by atoms with Crippen LogP contribution in [0.15, 0.2) is 26.8 Å². The molecule has 94 valence electrons. The normalized spacial score (nSPS) is 10.6. The molecule has 0 aromatic carbocycles. The number of carboxylic acids is 1. The second kappa shape index (κ2) is 5.44. The molecule has 18 heavy (non-hydrogen) atoms. The number of pyridine rings is 1. The molecule has 2 rings (SSSR count). The highest BCUT2D eigenvalue weighted by molar-refractivity contribution is 9.10. The minimum Gasteiger partial charge on any atom is -0.480 e. The summed E-state index contributed by atoms with van der Waals surface area (Å²) in [5.74, 6) is -0.996. The van der Waals surface area contributed by atoms with Gasteiger partial charge in [0.05, 0.1) is 5.69 Å². The van der Waals surface area contributed by atoms with Gasteiger partial charge in [-0.25, -0.2) is 9.67 Å². The Bertz CT molecular complexity index is 588. The molecule has 9 heteroatoms. The first-order valence-electron chi connectivity index (χ1n) is 4.85. The van der Waals surface area contributed by atoms with Crippen molar-refractivity contribution in [2.75, 3.05) is 0 Å². The average Bonchev–Trinajstić information content (AvgIpc) is 2.70. The predicted octanol–water partition coefficient (Wildman–Crippen LogP) is 1.37. The molecule has 0 fully saturated rings. The topological polar surface area (TPSA) is 93.8 Å². The monoisotopic (exact) mass is 329 g/mol. The molecule has 0 aliphatic rings. The number of rotatable bonds is 4. The Labute approximate surface area is 115 Å². The Morgan fingerprint density at radius 3 is 3.00 bits per heavy atom. The lowest BCUT2D eigenvalue weighted by Gasteiger charge is -2.02. The van der Waals surface area contributed by atoms with Crippen LogP contribution in [-0.2, 0) is 11.3 Å². The van der Waals surface area contributed by atoms with Crippen molar-refractivity contribution in [3.8, 4) is 0 Å². The van der Waals surface area contributed by atoms with Gasteiger partial charge in [0.2, 0.25) is 5.16 Å². The Morgan fingerprint density at radius 1 is 1.56 bits per heavy atom. The van der Waals surface area contributed by atoms with Crippen molar-refractivity contribution >= 4 is 33.7 Å². The van der Waals surface area contributed by atoms with Gasteiger partial charge in [0.15, 0.2) is 0 Å². The summed E-state index contributed by atoms with van der Waals surface area (Å²) >= 11 is 4.58. The van der Waals surface area contributed by atoms with E-state index in [1.807, 2.05) is 19.1 Å². The first-order chi connectivity index (χ1) is 8.56. The summed E-state index contributed by atoms with van der Waals surface area (Å²) in [6.45, 7) is 1.60. The van der Waals surface area contributed by atoms with Gasteiger partial charge in [0, 0.05) is 4.47 Å². The van der Waals surface area contributed by atoms with Crippen molar-refractivity contribution in [2.24, 2.45) is 0 Å². The molecule has 0 aliphatic carbocycles. The highest BCUT2D eigenvalue weighted by Gasteiger charge is 2.12. The van der Waals surface area contributed by atoms with Crippen molar-refractivity contribution in [3.05, 3.63) is 22.3 Å². The molecule has 2 heterocycles. The SMILES string of the molecule is Cc1nc(Sc2nnnn2CC(=O)O)ccc1Br. The van der Waals surface area contributed by atoms with E-state index in [9.17, 15) is 4.79 Å². The van der Waals surface area contributed by atoms with Crippen LogP contribution in [0.4, 0.5) is 0 Å². The lowest BCUT2D eigenvalue weighted by Crippen LogP contribution is -2.11. The van der Waals surface area contributed by atoms with Gasteiger partial charge in [-0.2, -0.15) is 0 Å². The van der Waals surface area contributed by atoms with Gasteiger partial charge in [0.1, 0.15) is 11.6 Å². The van der Waals surface area contributed by atoms with Gasteiger partial charge in [-0.05, 0) is 57.2 Å². The van der Waals surface area contributed by atoms with Crippen LogP contribution in [-0.4, -0.2) is 36.3 Å². The standard InChI is InChI=1S/C9H8BrN5O2S/c1-5-6(10)2-3-7(11-5)18-9-12-13-14-15(9)4-8(16)17/h2-3H,4H2,1H3,(H,16,17). The molecule has 0 spiro atoms. The molecule has 0 amide bonds. The van der Waals surface area contributed by atoms with Gasteiger partial charge in [0.25, 0.3) is 0 Å². The van der Waals surface area contributed by atoms with Crippen LogP contribution in [0, 0.1) is 6.92 Å². The maximum Gasteiger partial charge on any atom is 0.325 e. The minimum absolute atomic E-state index is 0.273. The number of aromatic nitrogens is 5. The molecule has 0 saturated carbocycles. The third-order valence-corrected chi connectivity index (χ3v) is 3.73. The second-order valence-corrected chi connectivity index (χ2v) is 5.17. The Morgan fingerprint density at radius 2 is 2.33 bits per heavy atom. The number of hydrogen-bond donors (Lipinski definition) is 1. The van der Waals surface area contributed by atoms with Crippen LogP contribution in [0.5, 0.6) is 0 Å². The summed E-state index contributed by atoms with van der Waals surface area (Å²) in [5.41, 5.74) is 0.845. The summed E-state index contributed by atoms with van der Waals surface area (Å²) in [4.78, 5) is 15.0. The van der Waals surface area contributed by atoms with Gasteiger partial charge < -0.3 is 5.11 Å². The fourth-order valence-corrected chi connectivity index (χ4v) is 2.18. The number of carbonyl (C=O) groups is 1. The average molecular weight is 330 g/mol. The molecule has 0 atom stereocenters. The highest BCUT2D eigenvalue weighted by Crippen LogP contribution is 2.25. The van der Waals surface area contributed by atoms with Gasteiger partial charge in [-0.3, -0.25) is 4.79 Å². The van der Waals surface area contributed by atoms with Crippen molar-refractivity contribution in [2.45, 2.75) is 23.7 Å². The van der Waals surface area contributed by atoms with E-state index in [-0.39, 0.29) is 6.54 Å². The first-order valence-corrected chi connectivity index (χ1v) is 6.46. The van der Waals surface area contributed by atoms with Gasteiger partial charge >= 0.3 is 5.97 Å². The summed E-state index contributed by atoms with van der Waals surface area (Å²) in [5, 5.41) is 20.6. The quantitative estimate of drug-likeness (QED) is 0.905. The van der Waals surface area contributed by atoms with E-state index in [4.69, 9.17) is 5.11 Å². The van der Waals surface area contributed by atoms with Gasteiger partial charge in [-0.15, -0.1) is 5.10 Å². The lowest BCUT2D eigenvalue weighted by molar-refractivity contribution is -0.138. The Balaban J connectivity index is 2.20. The summed E-state index contributed by atoms with van der Waals surface area (Å²) in [7, 11) is 0. The van der Waals surface area contributed by atoms with Crippen molar-refractivity contribution in [1.29, 1.82) is 0 Å². The van der Waals surface area contributed by atoms with Crippen LogP contribution in [0.2, 0.25) is 0 Å². The molecule has 0 unspecified atom stereocenters. The van der Waals surface area contributed by atoms with Crippen molar-refractivity contribution < 1.29 is 9.90 Å². The fraction of sp³-hybridized carbons (Fsp3) is 0.222. The number of aliphatic carboxylic acids is 1. The first kappa shape index (κ1) is 13.0. The van der Waals surface area contributed by atoms with Gasteiger partial charge in [-0.1, -0.05) is 0 Å². The van der Waals surface area contributed by atoms with Crippen LogP contribution in [0.1, 0.15) is 5.69 Å². The predicted molar refractivity (Wildman–Crippen MR) is 66.2 cm³/mol. The Hall–Kier alpha value is -1.48. The van der Waals surface area contributed by atoms with Crippen molar-refractivity contribution in [1.82, 2.24) is 25.2 Å². The molecular formula is C9H8BrN5O2S. The number of hydrogen-bond acceptors (Lipinski definition) is 6. The molecule has 2 aromatic rings. The second-order valence-electron chi connectivity index (χ2n) is 3.33. The lowest BCUT2D eigenvalue weighted by atomic mass is 10.4. The maximum atomic E-state index is 10.6. The largest absolute Gasteiger partial charge is 0.480 e. The third-order valence-electron chi connectivity index (χ3n) is 1.98. The molecule has 0 saturated heterocycles. The van der Waals surface area contributed by atoms with Crippen LogP contribution < -0.4 is 0 Å². The van der Waals surface area contributed by atoms with Crippen LogP contribution in [0.3, 0.4) is 0 Å². The number of halogens is 1. The van der Waals surface area contributed by atoms with Crippen LogP contribution in [0.25, 0.3) is 0 Å². The smallest absolute Gasteiger partial charge is 0.325 e. The molecule has 0 aliphatic heterocycles. The van der Waals surface area contributed by atoms with E-state index in [1.54, 1.807) is 0 Å². The number of aryl methyl sites for hydroxylation is 1. The van der Waals surface area contributed by atoms with E-state index in [0.717, 1.165) is 10.2 Å². The van der Waals surface area contributed by atoms with E-state index in [0.29, 0.717) is 10.2 Å². The summed E-state index contributed by atoms with van der Waals surface area (Å²) in [6.07, 6.45) is 0. The molecule has 0 radical (unpaired) electrons. The minimum atomic E-state index is -0.996. The van der Waals surface area contributed by atoms with E-state index >= 15 is 0 Å². The fourth-order valence-electron chi connectivity index (χ4n) is 1.17.